The lowest BCUT2D eigenvalue weighted by Gasteiger charge is -2.16. The molecule has 1 saturated heterocycles. The molecule has 0 bridgehead atoms. The van der Waals surface area contributed by atoms with Crippen molar-refractivity contribution in [2.45, 2.75) is 12.8 Å². The van der Waals surface area contributed by atoms with Gasteiger partial charge >= 0.3 is 0 Å². The standard InChI is InChI=1S/C12H16FN/c1-9-3-2-4-10(5-9)12-8-14-7-11(12)6-13/h2-5,11-12,14H,6-8H2,1H3/t11-,12+/m0/s1. The van der Waals surface area contributed by atoms with Crippen molar-refractivity contribution in [1.82, 2.24) is 5.32 Å². The summed E-state index contributed by atoms with van der Waals surface area (Å²) in [5.74, 6) is 0.525. The number of hydrogen-bond donors (Lipinski definition) is 1. The Kier molecular flexibility index (Phi) is 2.82. The predicted molar refractivity (Wildman–Crippen MR) is 56.3 cm³/mol. The maximum absolute atomic E-state index is 12.7. The Hall–Kier alpha value is -0.890. The van der Waals surface area contributed by atoms with E-state index in [4.69, 9.17) is 0 Å². The van der Waals surface area contributed by atoms with Crippen LogP contribution in [0, 0.1) is 12.8 Å². The number of rotatable bonds is 2. The molecule has 0 unspecified atom stereocenters. The molecule has 1 nitrogen and oxygen atoms in total. The second kappa shape index (κ2) is 4.09. The molecule has 0 radical (unpaired) electrons. The van der Waals surface area contributed by atoms with E-state index in [1.54, 1.807) is 0 Å². The van der Waals surface area contributed by atoms with Crippen molar-refractivity contribution < 1.29 is 4.39 Å². The molecule has 1 aromatic rings. The Labute approximate surface area is 84.3 Å². The summed E-state index contributed by atoms with van der Waals surface area (Å²) in [6, 6.07) is 8.41. The molecule has 14 heavy (non-hydrogen) atoms. The van der Waals surface area contributed by atoms with E-state index >= 15 is 0 Å². The van der Waals surface area contributed by atoms with E-state index < -0.39 is 0 Å². The van der Waals surface area contributed by atoms with Crippen molar-refractivity contribution in [2.24, 2.45) is 5.92 Å². The molecular weight excluding hydrogens is 177 g/mol. The molecular formula is C12H16FN. The van der Waals surface area contributed by atoms with E-state index in [2.05, 4.69) is 36.5 Å². The summed E-state index contributed by atoms with van der Waals surface area (Å²) >= 11 is 0. The highest BCUT2D eigenvalue weighted by molar-refractivity contribution is 5.27. The molecule has 0 saturated carbocycles. The number of hydrogen-bond acceptors (Lipinski definition) is 1. The van der Waals surface area contributed by atoms with Crippen LogP contribution < -0.4 is 5.32 Å². The first kappa shape index (κ1) is 9.66. The van der Waals surface area contributed by atoms with Gasteiger partial charge in [0.05, 0.1) is 6.67 Å². The molecule has 2 heteroatoms. The Bertz CT molecular complexity index is 311. The molecule has 2 rings (SSSR count). The maximum atomic E-state index is 12.7. The summed E-state index contributed by atoms with van der Waals surface area (Å²) in [7, 11) is 0. The minimum Gasteiger partial charge on any atom is -0.316 e. The number of halogens is 1. The Morgan fingerprint density at radius 3 is 3.00 bits per heavy atom. The van der Waals surface area contributed by atoms with Gasteiger partial charge in [-0.1, -0.05) is 29.8 Å². The lowest BCUT2D eigenvalue weighted by molar-refractivity contribution is 0.358. The van der Waals surface area contributed by atoms with Crippen LogP contribution >= 0.6 is 0 Å². The third kappa shape index (κ3) is 1.80. The van der Waals surface area contributed by atoms with E-state index in [-0.39, 0.29) is 12.6 Å². The van der Waals surface area contributed by atoms with Gasteiger partial charge in [0.1, 0.15) is 0 Å². The molecule has 1 aromatic carbocycles. The molecule has 1 aliphatic heterocycles. The Balaban J connectivity index is 2.21. The predicted octanol–water partition coefficient (Wildman–Crippen LogP) is 2.27. The van der Waals surface area contributed by atoms with E-state index in [0.29, 0.717) is 5.92 Å². The zero-order valence-corrected chi connectivity index (χ0v) is 8.46. The average Bonchev–Trinajstić information content (AvgIpc) is 2.65. The van der Waals surface area contributed by atoms with Gasteiger partial charge in [0.2, 0.25) is 0 Å². The van der Waals surface area contributed by atoms with E-state index in [1.807, 2.05) is 0 Å². The number of nitrogens with one attached hydrogen (secondary N) is 1. The Morgan fingerprint density at radius 2 is 2.29 bits per heavy atom. The molecule has 0 aromatic heterocycles. The highest BCUT2D eigenvalue weighted by Gasteiger charge is 2.27. The van der Waals surface area contributed by atoms with E-state index in [0.717, 1.165) is 13.1 Å². The number of aryl methyl sites for hydroxylation is 1. The van der Waals surface area contributed by atoms with Gasteiger partial charge in [-0.2, -0.15) is 0 Å². The van der Waals surface area contributed by atoms with Crippen LogP contribution in [-0.4, -0.2) is 19.8 Å². The minimum atomic E-state index is -0.217. The van der Waals surface area contributed by atoms with E-state index in [9.17, 15) is 4.39 Å². The van der Waals surface area contributed by atoms with Crippen LogP contribution in [0.2, 0.25) is 0 Å². The quantitative estimate of drug-likeness (QED) is 0.759. The highest BCUT2D eigenvalue weighted by Crippen LogP contribution is 2.28. The smallest absolute Gasteiger partial charge is 0.0941 e. The van der Waals surface area contributed by atoms with Gasteiger partial charge in [0, 0.05) is 24.9 Å². The van der Waals surface area contributed by atoms with Crippen molar-refractivity contribution >= 4 is 0 Å². The SMILES string of the molecule is Cc1cccc([C@H]2CNC[C@@H]2CF)c1. The Morgan fingerprint density at radius 1 is 1.43 bits per heavy atom. The third-order valence-corrected chi connectivity index (χ3v) is 3.01. The number of alkyl halides is 1. The second-order valence-electron chi connectivity index (χ2n) is 4.09. The minimum absolute atomic E-state index is 0.164. The summed E-state index contributed by atoms with van der Waals surface area (Å²) in [6.07, 6.45) is 0. The first-order chi connectivity index (χ1) is 6.81. The molecule has 0 aliphatic carbocycles. The fourth-order valence-corrected chi connectivity index (χ4v) is 2.19. The largest absolute Gasteiger partial charge is 0.316 e. The van der Waals surface area contributed by atoms with Crippen LogP contribution in [0.25, 0.3) is 0 Å². The van der Waals surface area contributed by atoms with Crippen molar-refractivity contribution in [2.75, 3.05) is 19.8 Å². The average molecular weight is 193 g/mol. The van der Waals surface area contributed by atoms with Crippen molar-refractivity contribution in [3.8, 4) is 0 Å². The molecule has 0 amide bonds. The molecule has 1 N–H and O–H groups in total. The molecule has 1 fully saturated rings. The lowest BCUT2D eigenvalue weighted by Crippen LogP contribution is -2.12. The normalized spacial score (nSPS) is 26.7. The summed E-state index contributed by atoms with van der Waals surface area (Å²) < 4.78 is 12.7. The molecule has 2 atom stereocenters. The summed E-state index contributed by atoms with van der Waals surface area (Å²) in [5.41, 5.74) is 2.53. The first-order valence-electron chi connectivity index (χ1n) is 5.14. The van der Waals surface area contributed by atoms with Crippen LogP contribution in [0.5, 0.6) is 0 Å². The van der Waals surface area contributed by atoms with Crippen LogP contribution in [-0.2, 0) is 0 Å². The molecule has 0 spiro atoms. The zero-order chi connectivity index (χ0) is 9.97. The maximum Gasteiger partial charge on any atom is 0.0941 e. The molecule has 1 aliphatic rings. The monoisotopic (exact) mass is 193 g/mol. The number of benzene rings is 1. The van der Waals surface area contributed by atoms with E-state index in [1.165, 1.54) is 11.1 Å². The summed E-state index contributed by atoms with van der Waals surface area (Å²) in [5, 5.41) is 3.25. The highest BCUT2D eigenvalue weighted by atomic mass is 19.1. The lowest BCUT2D eigenvalue weighted by atomic mass is 9.89. The fraction of sp³-hybridized carbons (Fsp3) is 0.500. The third-order valence-electron chi connectivity index (χ3n) is 3.01. The van der Waals surface area contributed by atoms with Gasteiger partial charge in [-0.3, -0.25) is 4.39 Å². The molecule has 1 heterocycles. The van der Waals surface area contributed by atoms with Gasteiger partial charge in [0.25, 0.3) is 0 Å². The van der Waals surface area contributed by atoms with Crippen LogP contribution in [0.4, 0.5) is 4.39 Å². The van der Waals surface area contributed by atoms with Crippen molar-refractivity contribution in [3.63, 3.8) is 0 Å². The van der Waals surface area contributed by atoms with Crippen molar-refractivity contribution in [3.05, 3.63) is 35.4 Å². The van der Waals surface area contributed by atoms with Crippen molar-refractivity contribution in [1.29, 1.82) is 0 Å². The second-order valence-corrected chi connectivity index (χ2v) is 4.09. The zero-order valence-electron chi connectivity index (χ0n) is 8.46. The molecule has 76 valence electrons. The van der Waals surface area contributed by atoms with Crippen LogP contribution in [0.15, 0.2) is 24.3 Å². The summed E-state index contributed by atoms with van der Waals surface area (Å²) in [4.78, 5) is 0. The van der Waals surface area contributed by atoms with Gasteiger partial charge in [-0.05, 0) is 12.5 Å². The van der Waals surface area contributed by atoms with Crippen LogP contribution in [0.1, 0.15) is 17.0 Å². The fourth-order valence-electron chi connectivity index (χ4n) is 2.19. The van der Waals surface area contributed by atoms with Gasteiger partial charge in [-0.15, -0.1) is 0 Å². The van der Waals surface area contributed by atoms with Crippen LogP contribution in [0.3, 0.4) is 0 Å². The van der Waals surface area contributed by atoms with Gasteiger partial charge in [0.15, 0.2) is 0 Å². The first-order valence-corrected chi connectivity index (χ1v) is 5.14. The van der Waals surface area contributed by atoms with Gasteiger partial charge < -0.3 is 5.32 Å². The van der Waals surface area contributed by atoms with Gasteiger partial charge in [-0.25, -0.2) is 0 Å². The summed E-state index contributed by atoms with van der Waals surface area (Å²) in [6.45, 7) is 3.59. The topological polar surface area (TPSA) is 12.0 Å².